The summed E-state index contributed by atoms with van der Waals surface area (Å²) in [5.41, 5.74) is 1.41. The van der Waals surface area contributed by atoms with Gasteiger partial charge in [-0.15, -0.1) is 12.4 Å². The van der Waals surface area contributed by atoms with Crippen LogP contribution < -0.4 is 10.6 Å². The molecule has 2 aliphatic rings. The molecule has 1 aromatic carbocycles. The molecule has 4 rings (SSSR count). The molecule has 150 valence electrons. The maximum Gasteiger partial charge on any atom is 0.274 e. The molecule has 0 spiro atoms. The Labute approximate surface area is 170 Å². The van der Waals surface area contributed by atoms with Crippen LogP contribution in [-0.4, -0.2) is 52.7 Å². The topological polar surface area (TPSA) is 79.3 Å². The van der Waals surface area contributed by atoms with Crippen LogP contribution in [0.1, 0.15) is 47.4 Å². The lowest BCUT2D eigenvalue weighted by molar-refractivity contribution is -0.121. The van der Waals surface area contributed by atoms with E-state index in [4.69, 9.17) is 0 Å². The van der Waals surface area contributed by atoms with E-state index < -0.39 is 0 Å². The number of benzene rings is 1. The summed E-state index contributed by atoms with van der Waals surface area (Å²) in [6.07, 6.45) is 4.34. The van der Waals surface area contributed by atoms with Crippen LogP contribution in [0.2, 0.25) is 0 Å². The van der Waals surface area contributed by atoms with Crippen molar-refractivity contribution in [3.8, 4) is 0 Å². The van der Waals surface area contributed by atoms with Gasteiger partial charge < -0.3 is 15.5 Å². The average molecular weight is 404 g/mol. The van der Waals surface area contributed by atoms with Gasteiger partial charge in [0.1, 0.15) is 5.69 Å². The SMILES string of the molecule is Cl.O=C1CC(c2ccccc2)N(C(=O)c2ccn(C3CCCNC3)n2)CCN1. The highest BCUT2D eigenvalue weighted by Gasteiger charge is 2.31. The predicted octanol–water partition coefficient (Wildman–Crippen LogP) is 1.93. The van der Waals surface area contributed by atoms with E-state index in [0.29, 0.717) is 18.8 Å². The Hall–Kier alpha value is -2.38. The molecule has 8 heteroatoms. The Morgan fingerprint density at radius 2 is 1.96 bits per heavy atom. The Morgan fingerprint density at radius 3 is 2.71 bits per heavy atom. The normalized spacial score (nSPS) is 22.7. The van der Waals surface area contributed by atoms with Crippen molar-refractivity contribution >= 4 is 24.2 Å². The molecular formula is C20H26ClN5O2. The number of rotatable bonds is 3. The Morgan fingerprint density at radius 1 is 1.14 bits per heavy atom. The maximum atomic E-state index is 13.2. The number of carbonyl (C=O) groups excluding carboxylic acids is 2. The van der Waals surface area contributed by atoms with Gasteiger partial charge in [0.05, 0.1) is 18.5 Å². The van der Waals surface area contributed by atoms with Gasteiger partial charge >= 0.3 is 0 Å². The van der Waals surface area contributed by atoms with Gasteiger partial charge in [0.25, 0.3) is 5.91 Å². The van der Waals surface area contributed by atoms with Crippen LogP contribution in [0.5, 0.6) is 0 Å². The van der Waals surface area contributed by atoms with Crippen LogP contribution in [0.3, 0.4) is 0 Å². The third-order valence-corrected chi connectivity index (χ3v) is 5.35. The van der Waals surface area contributed by atoms with Crippen molar-refractivity contribution in [3.63, 3.8) is 0 Å². The van der Waals surface area contributed by atoms with Gasteiger partial charge in [0.2, 0.25) is 5.91 Å². The van der Waals surface area contributed by atoms with Gasteiger partial charge in [-0.2, -0.15) is 5.10 Å². The third kappa shape index (κ3) is 4.36. The molecule has 3 heterocycles. The highest BCUT2D eigenvalue weighted by atomic mass is 35.5. The largest absolute Gasteiger partial charge is 0.354 e. The Balaban J connectivity index is 0.00000225. The van der Waals surface area contributed by atoms with Crippen LogP contribution >= 0.6 is 12.4 Å². The number of nitrogens with one attached hydrogen (secondary N) is 2. The second-order valence-electron chi connectivity index (χ2n) is 7.16. The van der Waals surface area contributed by atoms with E-state index in [1.54, 1.807) is 11.0 Å². The zero-order chi connectivity index (χ0) is 18.6. The first-order valence-corrected chi connectivity index (χ1v) is 9.61. The van der Waals surface area contributed by atoms with Gasteiger partial charge in [-0.1, -0.05) is 30.3 Å². The molecule has 0 bridgehead atoms. The first-order chi connectivity index (χ1) is 13.2. The summed E-state index contributed by atoms with van der Waals surface area (Å²) in [6.45, 7) is 2.85. The van der Waals surface area contributed by atoms with Gasteiger partial charge in [-0.25, -0.2) is 0 Å². The number of hydrogen-bond donors (Lipinski definition) is 2. The standard InChI is InChI=1S/C20H25N5O2.ClH/c26-19-13-18(15-5-2-1-3-6-15)24(12-10-22-19)20(27)17-8-11-25(23-17)16-7-4-9-21-14-16;/h1-3,5-6,8,11,16,18,21H,4,7,9-10,12-14H2,(H,22,26);1H. The Bertz CT molecular complexity index is 804. The van der Waals surface area contributed by atoms with Gasteiger partial charge in [0, 0.05) is 25.8 Å². The molecule has 0 aliphatic carbocycles. The molecule has 2 amide bonds. The van der Waals surface area contributed by atoms with Gasteiger partial charge in [-0.3, -0.25) is 14.3 Å². The number of halogens is 1. The monoisotopic (exact) mass is 403 g/mol. The highest BCUT2D eigenvalue weighted by molar-refractivity contribution is 5.93. The molecule has 2 unspecified atom stereocenters. The Kier molecular flexibility index (Phi) is 6.70. The second-order valence-corrected chi connectivity index (χ2v) is 7.16. The number of piperidine rings is 1. The first-order valence-electron chi connectivity index (χ1n) is 9.61. The lowest BCUT2D eigenvalue weighted by Gasteiger charge is -2.29. The smallest absolute Gasteiger partial charge is 0.274 e. The molecule has 28 heavy (non-hydrogen) atoms. The summed E-state index contributed by atoms with van der Waals surface area (Å²) >= 11 is 0. The molecule has 2 atom stereocenters. The summed E-state index contributed by atoms with van der Waals surface area (Å²) in [5.74, 6) is -0.152. The summed E-state index contributed by atoms with van der Waals surface area (Å²) in [5, 5.41) is 10.8. The van der Waals surface area contributed by atoms with E-state index in [9.17, 15) is 9.59 Å². The van der Waals surface area contributed by atoms with Gasteiger partial charge in [0.15, 0.2) is 0 Å². The van der Waals surface area contributed by atoms with E-state index in [-0.39, 0.29) is 42.7 Å². The number of amides is 2. The lowest BCUT2D eigenvalue weighted by Crippen LogP contribution is -2.37. The molecule has 2 N–H and O–H groups in total. The van der Waals surface area contributed by atoms with Crippen LogP contribution in [0, 0.1) is 0 Å². The lowest BCUT2D eigenvalue weighted by atomic mass is 10.0. The fourth-order valence-electron chi connectivity index (χ4n) is 3.91. The van der Waals surface area contributed by atoms with Crippen molar-refractivity contribution in [1.29, 1.82) is 0 Å². The zero-order valence-electron chi connectivity index (χ0n) is 15.7. The molecule has 2 fully saturated rings. The van der Waals surface area contributed by atoms with E-state index in [0.717, 1.165) is 31.5 Å². The summed E-state index contributed by atoms with van der Waals surface area (Å²) < 4.78 is 1.90. The number of nitrogens with zero attached hydrogens (tertiary/aromatic N) is 3. The minimum absolute atomic E-state index is 0. The van der Waals surface area contributed by atoms with Crippen LogP contribution in [0.15, 0.2) is 42.6 Å². The van der Waals surface area contributed by atoms with Crippen LogP contribution in [0.25, 0.3) is 0 Å². The van der Waals surface area contributed by atoms with Gasteiger partial charge in [-0.05, 0) is 31.0 Å². The molecule has 0 saturated carbocycles. The minimum atomic E-state index is -0.275. The number of aromatic nitrogens is 2. The van der Waals surface area contributed by atoms with Crippen molar-refractivity contribution in [3.05, 3.63) is 53.9 Å². The molecule has 2 saturated heterocycles. The summed E-state index contributed by atoms with van der Waals surface area (Å²) in [4.78, 5) is 27.1. The van der Waals surface area contributed by atoms with E-state index in [1.807, 2.05) is 41.2 Å². The highest BCUT2D eigenvalue weighted by Crippen LogP contribution is 2.27. The number of hydrogen-bond acceptors (Lipinski definition) is 4. The fraction of sp³-hybridized carbons (Fsp3) is 0.450. The fourth-order valence-corrected chi connectivity index (χ4v) is 3.91. The average Bonchev–Trinajstić information content (AvgIpc) is 3.13. The van der Waals surface area contributed by atoms with E-state index in [2.05, 4.69) is 15.7 Å². The van der Waals surface area contributed by atoms with Crippen LogP contribution in [-0.2, 0) is 4.79 Å². The molecule has 2 aliphatic heterocycles. The third-order valence-electron chi connectivity index (χ3n) is 5.35. The minimum Gasteiger partial charge on any atom is -0.354 e. The molecule has 1 aromatic heterocycles. The molecular weight excluding hydrogens is 378 g/mol. The van der Waals surface area contributed by atoms with Crippen molar-refractivity contribution in [1.82, 2.24) is 25.3 Å². The van der Waals surface area contributed by atoms with E-state index in [1.165, 1.54) is 0 Å². The quantitative estimate of drug-likeness (QED) is 0.820. The van der Waals surface area contributed by atoms with Crippen molar-refractivity contribution < 1.29 is 9.59 Å². The molecule has 0 radical (unpaired) electrons. The summed E-state index contributed by atoms with van der Waals surface area (Å²) in [6, 6.07) is 11.6. The predicted molar refractivity (Wildman–Crippen MR) is 108 cm³/mol. The first kappa shape index (κ1) is 20.4. The zero-order valence-corrected chi connectivity index (χ0v) is 16.5. The van der Waals surface area contributed by atoms with Crippen molar-refractivity contribution in [2.45, 2.75) is 31.3 Å². The van der Waals surface area contributed by atoms with Crippen molar-refractivity contribution in [2.75, 3.05) is 26.2 Å². The summed E-state index contributed by atoms with van der Waals surface area (Å²) in [7, 11) is 0. The number of carbonyl (C=O) groups is 2. The van der Waals surface area contributed by atoms with E-state index >= 15 is 0 Å². The molecule has 7 nitrogen and oxygen atoms in total. The molecule has 2 aromatic rings. The van der Waals surface area contributed by atoms with Crippen LogP contribution in [0.4, 0.5) is 0 Å². The van der Waals surface area contributed by atoms with Crippen molar-refractivity contribution in [2.24, 2.45) is 0 Å². The maximum absolute atomic E-state index is 13.2. The second kappa shape index (κ2) is 9.21.